The fourth-order valence-electron chi connectivity index (χ4n) is 1.38. The Balaban J connectivity index is 3.04. The summed E-state index contributed by atoms with van der Waals surface area (Å²) in [6.45, 7) is 4.30. The van der Waals surface area contributed by atoms with Crippen LogP contribution in [0.5, 0.6) is 0 Å². The molecule has 0 unspecified atom stereocenters. The fraction of sp³-hybridized carbons (Fsp3) is 0.417. The lowest BCUT2D eigenvalue weighted by Crippen LogP contribution is -2.32. The summed E-state index contributed by atoms with van der Waals surface area (Å²) in [7, 11) is 1.61. The number of methoxy groups -OCH3 is 1. The topological polar surface area (TPSA) is 90.4 Å². The summed E-state index contributed by atoms with van der Waals surface area (Å²) in [5.74, 6) is -0.582. The van der Waals surface area contributed by atoms with Gasteiger partial charge in [0, 0.05) is 19.3 Å². The lowest BCUT2D eigenvalue weighted by Gasteiger charge is -2.25. The zero-order valence-corrected chi connectivity index (χ0v) is 11.5. The number of anilines is 2. The van der Waals surface area contributed by atoms with Gasteiger partial charge in [0.25, 0.3) is 5.91 Å². The summed E-state index contributed by atoms with van der Waals surface area (Å²) in [5.41, 5.74) is 11.7. The Morgan fingerprint density at radius 1 is 1.50 bits per heavy atom. The summed E-state index contributed by atoms with van der Waals surface area (Å²) in [4.78, 5) is 11.4. The largest absolute Gasteiger partial charge is 0.399 e. The van der Waals surface area contributed by atoms with E-state index in [-0.39, 0.29) is 11.2 Å². The molecular weight excluding hydrogens is 254 g/mol. The molecule has 0 aliphatic carbocycles. The predicted octanol–water partition coefficient (Wildman–Crippen LogP) is 1.86. The maximum Gasteiger partial charge on any atom is 0.250 e. The molecule has 0 saturated heterocycles. The number of nitrogens with one attached hydrogen (secondary N) is 1. The van der Waals surface area contributed by atoms with Gasteiger partial charge in [0.1, 0.15) is 0 Å². The molecule has 0 heterocycles. The molecule has 6 heteroatoms. The molecule has 0 aliphatic rings. The van der Waals surface area contributed by atoms with Crippen LogP contribution in [0.1, 0.15) is 24.2 Å². The zero-order chi connectivity index (χ0) is 13.9. The van der Waals surface area contributed by atoms with Crippen molar-refractivity contribution in [3.63, 3.8) is 0 Å². The second kappa shape index (κ2) is 5.46. The van der Waals surface area contributed by atoms with E-state index in [0.29, 0.717) is 22.9 Å². The summed E-state index contributed by atoms with van der Waals surface area (Å²) in [6, 6.07) is 3.06. The van der Waals surface area contributed by atoms with Crippen molar-refractivity contribution >= 4 is 28.9 Å². The molecule has 1 amide bonds. The van der Waals surface area contributed by atoms with Crippen LogP contribution in [0.4, 0.5) is 11.4 Å². The Hall–Kier alpha value is -1.46. The number of halogens is 1. The van der Waals surface area contributed by atoms with Crippen LogP contribution in [0.2, 0.25) is 5.02 Å². The molecule has 1 aromatic rings. The Kier molecular flexibility index (Phi) is 4.43. The van der Waals surface area contributed by atoms with Gasteiger partial charge in [-0.15, -0.1) is 0 Å². The molecule has 1 aromatic carbocycles. The minimum Gasteiger partial charge on any atom is -0.399 e. The first kappa shape index (κ1) is 14.6. The van der Waals surface area contributed by atoms with Crippen LogP contribution < -0.4 is 16.8 Å². The van der Waals surface area contributed by atoms with Crippen LogP contribution in [0, 0.1) is 0 Å². The van der Waals surface area contributed by atoms with E-state index in [0.717, 1.165) is 0 Å². The van der Waals surface area contributed by atoms with Crippen LogP contribution in [-0.4, -0.2) is 25.2 Å². The van der Waals surface area contributed by atoms with E-state index < -0.39 is 5.91 Å². The molecule has 0 saturated carbocycles. The number of carbonyl (C=O) groups excluding carboxylic acids is 1. The molecule has 0 bridgehead atoms. The highest BCUT2D eigenvalue weighted by molar-refractivity contribution is 6.34. The van der Waals surface area contributed by atoms with Crippen molar-refractivity contribution < 1.29 is 9.53 Å². The number of primary amides is 1. The van der Waals surface area contributed by atoms with Crippen molar-refractivity contribution in [3.8, 4) is 0 Å². The maximum absolute atomic E-state index is 11.4. The van der Waals surface area contributed by atoms with Gasteiger partial charge in [-0.05, 0) is 26.0 Å². The van der Waals surface area contributed by atoms with Crippen LogP contribution >= 0.6 is 11.6 Å². The van der Waals surface area contributed by atoms with Crippen LogP contribution in [-0.2, 0) is 4.74 Å². The molecule has 0 aliphatic heterocycles. The van der Waals surface area contributed by atoms with Gasteiger partial charge in [-0.3, -0.25) is 4.79 Å². The van der Waals surface area contributed by atoms with E-state index in [4.69, 9.17) is 27.8 Å². The van der Waals surface area contributed by atoms with Crippen molar-refractivity contribution in [1.82, 2.24) is 0 Å². The SMILES string of the molecule is COC(C)(C)CNc1c(Cl)cc(N)cc1C(N)=O. The first-order valence-corrected chi connectivity index (χ1v) is 5.82. The number of hydrogen-bond acceptors (Lipinski definition) is 4. The lowest BCUT2D eigenvalue weighted by molar-refractivity contribution is 0.0343. The van der Waals surface area contributed by atoms with Crippen LogP contribution in [0.3, 0.4) is 0 Å². The third kappa shape index (κ3) is 3.51. The number of ether oxygens (including phenoxy) is 1. The van der Waals surface area contributed by atoms with Gasteiger partial charge in [0.15, 0.2) is 0 Å². The molecule has 0 aromatic heterocycles. The minimum atomic E-state index is -0.582. The fourth-order valence-corrected chi connectivity index (χ4v) is 1.67. The number of hydrogen-bond donors (Lipinski definition) is 3. The van der Waals surface area contributed by atoms with Gasteiger partial charge < -0.3 is 21.5 Å². The maximum atomic E-state index is 11.4. The number of rotatable bonds is 5. The second-order valence-corrected chi connectivity index (χ2v) is 5.01. The van der Waals surface area contributed by atoms with E-state index in [1.54, 1.807) is 13.2 Å². The first-order chi connectivity index (χ1) is 8.26. The third-order valence-corrected chi connectivity index (χ3v) is 2.92. The highest BCUT2D eigenvalue weighted by Crippen LogP contribution is 2.29. The smallest absolute Gasteiger partial charge is 0.250 e. The van der Waals surface area contributed by atoms with Gasteiger partial charge in [-0.1, -0.05) is 11.6 Å². The number of nitrogens with two attached hydrogens (primary N) is 2. The molecule has 0 radical (unpaired) electrons. The molecule has 0 atom stereocenters. The zero-order valence-electron chi connectivity index (χ0n) is 10.7. The first-order valence-electron chi connectivity index (χ1n) is 5.44. The van der Waals surface area contributed by atoms with E-state index in [1.165, 1.54) is 6.07 Å². The Labute approximate surface area is 111 Å². The molecular formula is C12H18ClN3O2. The van der Waals surface area contributed by atoms with Crippen molar-refractivity contribution in [1.29, 1.82) is 0 Å². The van der Waals surface area contributed by atoms with Gasteiger partial charge in [0.05, 0.1) is 21.9 Å². The molecule has 1 rings (SSSR count). The highest BCUT2D eigenvalue weighted by atomic mass is 35.5. The quantitative estimate of drug-likeness (QED) is 0.713. The Morgan fingerprint density at radius 2 is 2.11 bits per heavy atom. The van der Waals surface area contributed by atoms with E-state index in [9.17, 15) is 4.79 Å². The predicted molar refractivity (Wildman–Crippen MR) is 74.0 cm³/mol. The number of benzene rings is 1. The normalized spacial score (nSPS) is 11.3. The monoisotopic (exact) mass is 271 g/mol. The number of carbonyl (C=O) groups is 1. The van der Waals surface area contributed by atoms with Gasteiger partial charge >= 0.3 is 0 Å². The van der Waals surface area contributed by atoms with Crippen molar-refractivity contribution in [2.24, 2.45) is 5.73 Å². The Bertz CT molecular complexity index is 461. The third-order valence-electron chi connectivity index (χ3n) is 2.62. The summed E-state index contributed by atoms with van der Waals surface area (Å²) in [5, 5.41) is 3.43. The molecule has 0 fully saturated rings. The van der Waals surface area contributed by atoms with Gasteiger partial charge in [-0.2, -0.15) is 0 Å². The second-order valence-electron chi connectivity index (χ2n) is 4.61. The minimum absolute atomic E-state index is 0.270. The van der Waals surface area contributed by atoms with E-state index in [2.05, 4.69) is 5.32 Å². The molecule has 5 N–H and O–H groups in total. The standard InChI is InChI=1S/C12H18ClN3O2/c1-12(2,18-3)6-16-10-8(11(15)17)4-7(14)5-9(10)13/h4-5,16H,6,14H2,1-3H3,(H2,15,17). The van der Waals surface area contributed by atoms with Crippen molar-refractivity contribution in [2.75, 3.05) is 24.7 Å². The highest BCUT2D eigenvalue weighted by Gasteiger charge is 2.19. The van der Waals surface area contributed by atoms with E-state index in [1.807, 2.05) is 13.8 Å². The number of nitrogen functional groups attached to an aromatic ring is 1. The summed E-state index contributed by atoms with van der Waals surface area (Å²) in [6.07, 6.45) is 0. The van der Waals surface area contributed by atoms with Crippen molar-refractivity contribution in [2.45, 2.75) is 19.4 Å². The lowest BCUT2D eigenvalue weighted by atomic mass is 10.1. The van der Waals surface area contributed by atoms with E-state index >= 15 is 0 Å². The van der Waals surface area contributed by atoms with Crippen molar-refractivity contribution in [3.05, 3.63) is 22.7 Å². The average molecular weight is 272 g/mol. The van der Waals surface area contributed by atoms with Gasteiger partial charge in [0.2, 0.25) is 0 Å². The summed E-state index contributed by atoms with van der Waals surface area (Å²) < 4.78 is 5.28. The summed E-state index contributed by atoms with van der Waals surface area (Å²) >= 11 is 6.06. The average Bonchev–Trinajstić information content (AvgIpc) is 2.26. The molecule has 100 valence electrons. The Morgan fingerprint density at radius 3 is 2.61 bits per heavy atom. The molecule has 18 heavy (non-hydrogen) atoms. The van der Waals surface area contributed by atoms with Gasteiger partial charge in [-0.25, -0.2) is 0 Å². The van der Waals surface area contributed by atoms with Crippen LogP contribution in [0.15, 0.2) is 12.1 Å². The molecule has 5 nitrogen and oxygen atoms in total. The number of amides is 1. The molecule has 0 spiro atoms. The van der Waals surface area contributed by atoms with Crippen LogP contribution in [0.25, 0.3) is 0 Å².